The van der Waals surface area contributed by atoms with Crippen LogP contribution in [0, 0.1) is 22.0 Å². The molecule has 6 heteroatoms. The molecule has 6 nitrogen and oxygen atoms in total. The van der Waals surface area contributed by atoms with Crippen LogP contribution in [0.5, 0.6) is 0 Å². The number of nitrogens with one attached hydrogen (secondary N) is 1. The molecule has 0 fully saturated rings. The standard InChI is InChI=1S/C11H18N4O2/c1-7(2)8(3)6-13-11-9(15(16)17)4-5-10(12)14-11/h4-5,7-8H,6H2,1-3H3,(H3,12,13,14). The van der Waals surface area contributed by atoms with E-state index in [1.165, 1.54) is 12.1 Å². The molecule has 1 rings (SSSR count). The largest absolute Gasteiger partial charge is 0.384 e. The molecule has 0 aliphatic rings. The summed E-state index contributed by atoms with van der Waals surface area (Å²) in [6.45, 7) is 6.92. The minimum Gasteiger partial charge on any atom is -0.384 e. The number of nitrogens with zero attached hydrogens (tertiary/aromatic N) is 2. The first-order chi connectivity index (χ1) is 7.91. The Hall–Kier alpha value is -1.85. The molecule has 0 saturated carbocycles. The van der Waals surface area contributed by atoms with E-state index in [9.17, 15) is 10.1 Å². The predicted molar refractivity (Wildman–Crippen MR) is 67.8 cm³/mol. The summed E-state index contributed by atoms with van der Waals surface area (Å²) in [7, 11) is 0. The first kappa shape index (κ1) is 13.2. The summed E-state index contributed by atoms with van der Waals surface area (Å²) in [5.74, 6) is 1.42. The van der Waals surface area contributed by atoms with Gasteiger partial charge in [-0.2, -0.15) is 0 Å². The maximum absolute atomic E-state index is 10.8. The molecule has 0 saturated heterocycles. The number of rotatable bonds is 5. The molecular formula is C11H18N4O2. The zero-order valence-corrected chi connectivity index (χ0v) is 10.3. The molecule has 0 radical (unpaired) electrons. The monoisotopic (exact) mass is 238 g/mol. The lowest BCUT2D eigenvalue weighted by atomic mass is 9.98. The van der Waals surface area contributed by atoms with Crippen LogP contribution in [0.15, 0.2) is 12.1 Å². The van der Waals surface area contributed by atoms with Gasteiger partial charge in [0.1, 0.15) is 5.82 Å². The summed E-state index contributed by atoms with van der Waals surface area (Å²) >= 11 is 0. The van der Waals surface area contributed by atoms with Gasteiger partial charge in [0, 0.05) is 12.6 Å². The Kier molecular flexibility index (Phi) is 4.25. The Bertz CT molecular complexity index is 406. The van der Waals surface area contributed by atoms with Gasteiger partial charge < -0.3 is 11.1 Å². The summed E-state index contributed by atoms with van der Waals surface area (Å²) in [6.07, 6.45) is 0. The number of nitrogen functional groups attached to an aromatic ring is 1. The van der Waals surface area contributed by atoms with E-state index in [0.29, 0.717) is 18.4 Å². The molecular weight excluding hydrogens is 220 g/mol. The number of hydrogen-bond donors (Lipinski definition) is 2. The molecule has 3 N–H and O–H groups in total. The Labute approximate surface area is 100 Å². The zero-order valence-electron chi connectivity index (χ0n) is 10.3. The first-order valence-electron chi connectivity index (χ1n) is 5.56. The molecule has 0 aliphatic heterocycles. The fourth-order valence-electron chi connectivity index (χ4n) is 1.24. The van der Waals surface area contributed by atoms with Gasteiger partial charge in [0.05, 0.1) is 4.92 Å². The lowest BCUT2D eigenvalue weighted by molar-refractivity contribution is -0.384. The number of aromatic nitrogens is 1. The van der Waals surface area contributed by atoms with E-state index in [1.54, 1.807) is 0 Å². The Morgan fingerprint density at radius 2 is 2.12 bits per heavy atom. The summed E-state index contributed by atoms with van der Waals surface area (Å²) in [5.41, 5.74) is 5.47. The van der Waals surface area contributed by atoms with Gasteiger partial charge in [0.25, 0.3) is 0 Å². The summed E-state index contributed by atoms with van der Waals surface area (Å²) in [6, 6.07) is 2.79. The fourth-order valence-corrected chi connectivity index (χ4v) is 1.24. The third kappa shape index (κ3) is 3.58. The molecule has 1 aromatic rings. The topological polar surface area (TPSA) is 94.1 Å². The highest BCUT2D eigenvalue weighted by Gasteiger charge is 2.16. The van der Waals surface area contributed by atoms with E-state index < -0.39 is 4.92 Å². The van der Waals surface area contributed by atoms with Crippen LogP contribution in [0.25, 0.3) is 0 Å². The van der Waals surface area contributed by atoms with Gasteiger partial charge in [0.2, 0.25) is 5.82 Å². The SMILES string of the molecule is CC(C)C(C)CNc1nc(N)ccc1[N+](=O)[O-]. The third-order valence-electron chi connectivity index (χ3n) is 2.82. The van der Waals surface area contributed by atoms with E-state index in [4.69, 9.17) is 5.73 Å². The molecule has 17 heavy (non-hydrogen) atoms. The summed E-state index contributed by atoms with van der Waals surface area (Å²) in [5, 5.41) is 13.8. The average Bonchev–Trinajstić information content (AvgIpc) is 2.25. The lowest BCUT2D eigenvalue weighted by Crippen LogP contribution is -2.17. The van der Waals surface area contributed by atoms with E-state index in [1.807, 2.05) is 0 Å². The zero-order chi connectivity index (χ0) is 13.0. The maximum Gasteiger partial charge on any atom is 0.311 e. The van der Waals surface area contributed by atoms with Gasteiger partial charge in [-0.25, -0.2) is 4.98 Å². The van der Waals surface area contributed by atoms with Crippen molar-refractivity contribution in [3.05, 3.63) is 22.2 Å². The van der Waals surface area contributed by atoms with Crippen LogP contribution >= 0.6 is 0 Å². The third-order valence-corrected chi connectivity index (χ3v) is 2.82. The van der Waals surface area contributed by atoms with E-state index in [-0.39, 0.29) is 17.3 Å². The second-order valence-electron chi connectivity index (χ2n) is 4.46. The average molecular weight is 238 g/mol. The fraction of sp³-hybridized carbons (Fsp3) is 0.545. The van der Waals surface area contributed by atoms with Gasteiger partial charge in [-0.15, -0.1) is 0 Å². The van der Waals surface area contributed by atoms with Crippen LogP contribution in [-0.2, 0) is 0 Å². The molecule has 1 atom stereocenters. The van der Waals surface area contributed by atoms with Gasteiger partial charge in [-0.1, -0.05) is 20.8 Å². The van der Waals surface area contributed by atoms with Crippen molar-refractivity contribution >= 4 is 17.3 Å². The number of nitrogens with two attached hydrogens (primary N) is 1. The van der Waals surface area contributed by atoms with Crippen LogP contribution in [0.4, 0.5) is 17.3 Å². The number of anilines is 2. The minimum absolute atomic E-state index is 0.0462. The number of nitro groups is 1. The molecule has 0 aliphatic carbocycles. The Morgan fingerprint density at radius 3 is 2.65 bits per heavy atom. The smallest absolute Gasteiger partial charge is 0.311 e. The van der Waals surface area contributed by atoms with Crippen LogP contribution in [0.2, 0.25) is 0 Å². The number of hydrogen-bond acceptors (Lipinski definition) is 5. The first-order valence-corrected chi connectivity index (χ1v) is 5.56. The summed E-state index contributed by atoms with van der Waals surface area (Å²) < 4.78 is 0. The van der Waals surface area contributed by atoms with E-state index in [0.717, 1.165) is 0 Å². The van der Waals surface area contributed by atoms with Crippen LogP contribution in [0.3, 0.4) is 0 Å². The molecule has 0 bridgehead atoms. The van der Waals surface area contributed by atoms with Crippen LogP contribution in [-0.4, -0.2) is 16.5 Å². The molecule has 94 valence electrons. The highest BCUT2D eigenvalue weighted by molar-refractivity contribution is 5.59. The highest BCUT2D eigenvalue weighted by atomic mass is 16.6. The van der Waals surface area contributed by atoms with Gasteiger partial charge in [-0.3, -0.25) is 10.1 Å². The Morgan fingerprint density at radius 1 is 1.47 bits per heavy atom. The maximum atomic E-state index is 10.8. The van der Waals surface area contributed by atoms with Crippen molar-refractivity contribution in [3.8, 4) is 0 Å². The van der Waals surface area contributed by atoms with Crippen molar-refractivity contribution in [3.63, 3.8) is 0 Å². The minimum atomic E-state index is -0.463. The van der Waals surface area contributed by atoms with Crippen molar-refractivity contribution in [2.45, 2.75) is 20.8 Å². The van der Waals surface area contributed by atoms with E-state index in [2.05, 4.69) is 31.1 Å². The van der Waals surface area contributed by atoms with Gasteiger partial charge in [0.15, 0.2) is 0 Å². The van der Waals surface area contributed by atoms with Crippen molar-refractivity contribution in [2.75, 3.05) is 17.6 Å². The Balaban J connectivity index is 2.82. The molecule has 1 heterocycles. The van der Waals surface area contributed by atoms with Crippen molar-refractivity contribution in [2.24, 2.45) is 11.8 Å². The van der Waals surface area contributed by atoms with Crippen molar-refractivity contribution in [1.29, 1.82) is 0 Å². The molecule has 1 aromatic heterocycles. The van der Waals surface area contributed by atoms with Crippen molar-refractivity contribution < 1.29 is 4.92 Å². The van der Waals surface area contributed by atoms with Gasteiger partial charge >= 0.3 is 5.69 Å². The van der Waals surface area contributed by atoms with Crippen molar-refractivity contribution in [1.82, 2.24) is 4.98 Å². The normalized spacial score (nSPS) is 12.5. The molecule has 0 aromatic carbocycles. The molecule has 0 spiro atoms. The lowest BCUT2D eigenvalue weighted by Gasteiger charge is -2.16. The predicted octanol–water partition coefficient (Wildman–Crippen LogP) is 2.28. The second-order valence-corrected chi connectivity index (χ2v) is 4.46. The van der Waals surface area contributed by atoms with E-state index >= 15 is 0 Å². The highest BCUT2D eigenvalue weighted by Crippen LogP contribution is 2.23. The van der Waals surface area contributed by atoms with Crippen LogP contribution in [0.1, 0.15) is 20.8 Å². The quantitative estimate of drug-likeness (QED) is 0.606. The van der Waals surface area contributed by atoms with Gasteiger partial charge in [-0.05, 0) is 17.9 Å². The second kappa shape index (κ2) is 5.47. The molecule has 0 amide bonds. The number of pyridine rings is 1. The molecule has 1 unspecified atom stereocenters. The van der Waals surface area contributed by atoms with Crippen LogP contribution < -0.4 is 11.1 Å². The summed E-state index contributed by atoms with van der Waals surface area (Å²) in [4.78, 5) is 14.3.